The Kier molecular flexibility index (Phi) is 4.87. The summed E-state index contributed by atoms with van der Waals surface area (Å²) in [5.74, 6) is 1.36. The van der Waals surface area contributed by atoms with Crippen LogP contribution in [0.2, 0.25) is 0 Å². The molecule has 0 saturated carbocycles. The van der Waals surface area contributed by atoms with Crippen LogP contribution in [0.5, 0.6) is 0 Å². The second-order valence-electron chi connectivity index (χ2n) is 4.35. The molecule has 1 N–H and O–H groups in total. The fourth-order valence-electron chi connectivity index (χ4n) is 2.11. The first-order valence-corrected chi connectivity index (χ1v) is 7.13. The molecule has 2 nitrogen and oxygen atoms in total. The number of hydrogen-bond acceptors (Lipinski definition) is 3. The van der Waals surface area contributed by atoms with E-state index in [2.05, 4.69) is 23.2 Å². The molecule has 2 aliphatic rings. The highest BCUT2D eigenvalue weighted by atomic mass is 32.2. The normalized spacial score (nSPS) is 31.2. The molecule has 2 aliphatic heterocycles. The van der Waals surface area contributed by atoms with Crippen LogP contribution in [0.3, 0.4) is 0 Å². The summed E-state index contributed by atoms with van der Waals surface area (Å²) in [6.07, 6.45) is 10.9. The summed E-state index contributed by atoms with van der Waals surface area (Å²) in [6.45, 7) is 2.18. The summed E-state index contributed by atoms with van der Waals surface area (Å²) in [5, 5.41) is 4.39. The number of allylic oxidation sites excluding steroid dienone is 1. The van der Waals surface area contributed by atoms with Crippen LogP contribution in [0.1, 0.15) is 32.1 Å². The maximum absolute atomic E-state index is 5.52. The largest absolute Gasteiger partial charge is 0.497 e. The Hall–Kier alpha value is -0.150. The molecule has 86 valence electrons. The quantitative estimate of drug-likeness (QED) is 0.797. The van der Waals surface area contributed by atoms with E-state index in [4.69, 9.17) is 4.74 Å². The second-order valence-corrected chi connectivity index (χ2v) is 5.76. The summed E-state index contributed by atoms with van der Waals surface area (Å²) in [7, 11) is 0. The average Bonchev–Trinajstić information content (AvgIpc) is 2.32. The van der Waals surface area contributed by atoms with Gasteiger partial charge in [-0.2, -0.15) is 11.8 Å². The van der Waals surface area contributed by atoms with Crippen LogP contribution < -0.4 is 5.32 Å². The molecule has 1 fully saturated rings. The zero-order valence-corrected chi connectivity index (χ0v) is 10.1. The molecule has 1 saturated heterocycles. The van der Waals surface area contributed by atoms with Crippen LogP contribution >= 0.6 is 11.8 Å². The minimum atomic E-state index is 0.406. The number of hydrogen-bond donors (Lipinski definition) is 1. The van der Waals surface area contributed by atoms with E-state index in [1.54, 1.807) is 0 Å². The third-order valence-corrected chi connectivity index (χ3v) is 4.44. The van der Waals surface area contributed by atoms with Crippen molar-refractivity contribution in [3.05, 3.63) is 12.3 Å². The van der Waals surface area contributed by atoms with Crippen molar-refractivity contribution < 1.29 is 4.74 Å². The lowest BCUT2D eigenvalue weighted by Crippen LogP contribution is -2.34. The lowest BCUT2D eigenvalue weighted by atomic mass is 10.1. The van der Waals surface area contributed by atoms with Crippen LogP contribution in [0.4, 0.5) is 0 Å². The molecule has 2 atom stereocenters. The van der Waals surface area contributed by atoms with Crippen molar-refractivity contribution in [3.8, 4) is 0 Å². The van der Waals surface area contributed by atoms with Gasteiger partial charge in [-0.25, -0.2) is 0 Å². The van der Waals surface area contributed by atoms with Crippen molar-refractivity contribution in [1.29, 1.82) is 0 Å². The third kappa shape index (κ3) is 4.07. The van der Waals surface area contributed by atoms with Gasteiger partial charge >= 0.3 is 0 Å². The van der Waals surface area contributed by atoms with Crippen LogP contribution in [0.25, 0.3) is 0 Å². The summed E-state index contributed by atoms with van der Waals surface area (Å²) in [4.78, 5) is 0. The highest BCUT2D eigenvalue weighted by Gasteiger charge is 2.15. The fourth-order valence-corrected chi connectivity index (χ4v) is 3.38. The number of nitrogens with one attached hydrogen (secondary N) is 1. The van der Waals surface area contributed by atoms with Crippen LogP contribution in [0.15, 0.2) is 12.3 Å². The Morgan fingerprint density at radius 1 is 1.27 bits per heavy atom. The van der Waals surface area contributed by atoms with E-state index in [-0.39, 0.29) is 0 Å². The predicted octanol–water partition coefficient (Wildman–Crippen LogP) is 2.55. The molecule has 3 heteroatoms. The highest BCUT2D eigenvalue weighted by molar-refractivity contribution is 7.99. The maximum atomic E-state index is 5.52. The van der Waals surface area contributed by atoms with Crippen molar-refractivity contribution in [2.75, 3.05) is 18.8 Å². The van der Waals surface area contributed by atoms with Gasteiger partial charge < -0.3 is 10.1 Å². The maximum Gasteiger partial charge on any atom is 0.110 e. The van der Waals surface area contributed by atoms with Gasteiger partial charge in [0.05, 0.1) is 6.26 Å². The van der Waals surface area contributed by atoms with E-state index in [0.717, 1.165) is 18.3 Å². The molecular weight excluding hydrogens is 206 g/mol. The van der Waals surface area contributed by atoms with Gasteiger partial charge in [-0.15, -0.1) is 0 Å². The minimum absolute atomic E-state index is 0.406. The van der Waals surface area contributed by atoms with E-state index >= 15 is 0 Å². The lowest BCUT2D eigenvalue weighted by Gasteiger charge is -2.24. The first-order valence-electron chi connectivity index (χ1n) is 6.08. The van der Waals surface area contributed by atoms with E-state index in [1.807, 2.05) is 6.26 Å². The third-order valence-electron chi connectivity index (χ3n) is 3.04. The van der Waals surface area contributed by atoms with Crippen molar-refractivity contribution >= 4 is 11.8 Å². The van der Waals surface area contributed by atoms with Gasteiger partial charge in [0, 0.05) is 18.3 Å². The van der Waals surface area contributed by atoms with E-state index in [0.29, 0.717) is 6.10 Å². The summed E-state index contributed by atoms with van der Waals surface area (Å²) < 4.78 is 5.52. The number of thioether (sulfide) groups is 1. The van der Waals surface area contributed by atoms with Crippen LogP contribution in [-0.4, -0.2) is 30.2 Å². The molecule has 0 aromatic heterocycles. The number of rotatable bonds is 4. The van der Waals surface area contributed by atoms with Gasteiger partial charge in [0.1, 0.15) is 6.10 Å². The fraction of sp³-hybridized carbons (Fsp3) is 0.833. The Morgan fingerprint density at radius 2 is 2.27 bits per heavy atom. The molecule has 0 aliphatic carbocycles. The molecule has 0 aromatic rings. The lowest BCUT2D eigenvalue weighted by molar-refractivity contribution is 0.122. The molecule has 2 unspecified atom stereocenters. The Morgan fingerprint density at radius 3 is 3.00 bits per heavy atom. The molecule has 0 aromatic carbocycles. The monoisotopic (exact) mass is 227 g/mol. The van der Waals surface area contributed by atoms with Crippen molar-refractivity contribution in [1.82, 2.24) is 5.32 Å². The molecular formula is C12H21NOS. The molecule has 0 radical (unpaired) electrons. The second kappa shape index (κ2) is 6.44. The Labute approximate surface area is 96.8 Å². The number of ether oxygens (including phenoxy) is 1. The van der Waals surface area contributed by atoms with Crippen molar-refractivity contribution in [2.45, 2.75) is 43.5 Å². The minimum Gasteiger partial charge on any atom is -0.497 e. The predicted molar refractivity (Wildman–Crippen MR) is 66.2 cm³/mol. The molecule has 15 heavy (non-hydrogen) atoms. The molecule has 0 bridgehead atoms. The molecule has 2 rings (SSSR count). The zero-order valence-electron chi connectivity index (χ0n) is 9.28. The summed E-state index contributed by atoms with van der Waals surface area (Å²) in [6, 6.07) is 0. The first kappa shape index (κ1) is 11.3. The SMILES string of the molecule is C1=COC(CNCC2CCCCS2)CC1. The molecule has 0 spiro atoms. The van der Waals surface area contributed by atoms with Gasteiger partial charge in [0.15, 0.2) is 0 Å². The van der Waals surface area contributed by atoms with Gasteiger partial charge in [0.25, 0.3) is 0 Å². The van der Waals surface area contributed by atoms with Gasteiger partial charge in [-0.05, 0) is 37.5 Å². The Bertz CT molecular complexity index is 202. The Balaban J connectivity index is 1.55. The van der Waals surface area contributed by atoms with Gasteiger partial charge in [-0.3, -0.25) is 0 Å². The van der Waals surface area contributed by atoms with Crippen molar-refractivity contribution in [3.63, 3.8) is 0 Å². The van der Waals surface area contributed by atoms with E-state index < -0.39 is 0 Å². The van der Waals surface area contributed by atoms with Crippen molar-refractivity contribution in [2.24, 2.45) is 0 Å². The summed E-state index contributed by atoms with van der Waals surface area (Å²) >= 11 is 2.13. The summed E-state index contributed by atoms with van der Waals surface area (Å²) in [5.41, 5.74) is 0. The van der Waals surface area contributed by atoms with Gasteiger partial charge in [0.2, 0.25) is 0 Å². The first-order chi connectivity index (χ1) is 7.45. The van der Waals surface area contributed by atoms with Crippen LogP contribution in [0, 0.1) is 0 Å². The smallest absolute Gasteiger partial charge is 0.110 e. The zero-order chi connectivity index (χ0) is 10.3. The highest BCUT2D eigenvalue weighted by Crippen LogP contribution is 2.24. The molecule has 2 heterocycles. The van der Waals surface area contributed by atoms with Crippen LogP contribution in [-0.2, 0) is 4.74 Å². The van der Waals surface area contributed by atoms with E-state index in [9.17, 15) is 0 Å². The standard InChI is InChI=1S/C12H21NOS/c1-3-7-14-11(5-1)9-13-10-12-6-2-4-8-15-12/h3,7,11-13H,1-2,4-6,8-10H2. The van der Waals surface area contributed by atoms with E-state index in [1.165, 1.54) is 37.9 Å². The molecule has 0 amide bonds. The topological polar surface area (TPSA) is 21.3 Å². The average molecular weight is 227 g/mol. The van der Waals surface area contributed by atoms with Gasteiger partial charge in [-0.1, -0.05) is 6.42 Å².